The van der Waals surface area contributed by atoms with Crippen molar-refractivity contribution in [1.82, 2.24) is 4.98 Å². The van der Waals surface area contributed by atoms with E-state index in [0.717, 1.165) is 11.1 Å². The average molecular weight is 337 g/mol. The molecule has 0 saturated carbocycles. The predicted octanol–water partition coefficient (Wildman–Crippen LogP) is 4.27. The van der Waals surface area contributed by atoms with Gasteiger partial charge in [-0.15, -0.1) is 11.8 Å². The fourth-order valence-electron chi connectivity index (χ4n) is 2.44. The van der Waals surface area contributed by atoms with Crippen molar-refractivity contribution >= 4 is 35.1 Å². The van der Waals surface area contributed by atoms with Gasteiger partial charge in [0, 0.05) is 11.8 Å². The lowest BCUT2D eigenvalue weighted by molar-refractivity contribution is -0.115. The topological polar surface area (TPSA) is 33.2 Å². The molecule has 3 nitrogen and oxygen atoms in total. The summed E-state index contributed by atoms with van der Waals surface area (Å²) < 4.78 is 14.3. The van der Waals surface area contributed by atoms with Gasteiger partial charge in [0.05, 0.1) is 10.8 Å². The number of anilines is 1. The molecule has 1 saturated heterocycles. The lowest BCUT2D eigenvalue weighted by Gasteiger charge is -2.25. The molecule has 1 atom stereocenters. The van der Waals surface area contributed by atoms with Gasteiger partial charge in [-0.1, -0.05) is 17.7 Å². The summed E-state index contributed by atoms with van der Waals surface area (Å²) in [6.45, 7) is 3.75. The standard InChI is InChI=1S/C16H14ClFN2OS/c1-9-5-6-19-12(7-9)20-13(21)8-22-16(20)14-11(18)4-3-10(2)15(14)17/h3-7,16H,8H2,1-2H3. The van der Waals surface area contributed by atoms with Gasteiger partial charge in [-0.3, -0.25) is 9.69 Å². The molecule has 0 aliphatic carbocycles. The fourth-order valence-corrected chi connectivity index (χ4v) is 3.97. The Labute approximate surface area is 137 Å². The van der Waals surface area contributed by atoms with Crippen LogP contribution in [0.5, 0.6) is 0 Å². The van der Waals surface area contributed by atoms with Crippen LogP contribution < -0.4 is 4.90 Å². The Hall–Kier alpha value is -1.59. The maximum Gasteiger partial charge on any atom is 0.239 e. The number of aromatic nitrogens is 1. The molecule has 1 aromatic heterocycles. The van der Waals surface area contributed by atoms with Crippen LogP contribution >= 0.6 is 23.4 Å². The first-order valence-corrected chi connectivity index (χ1v) is 8.22. The summed E-state index contributed by atoms with van der Waals surface area (Å²) in [5.74, 6) is 0.312. The van der Waals surface area contributed by atoms with E-state index in [1.807, 2.05) is 26.0 Å². The highest BCUT2D eigenvalue weighted by Gasteiger charge is 2.37. The maximum absolute atomic E-state index is 14.3. The van der Waals surface area contributed by atoms with Gasteiger partial charge in [0.2, 0.25) is 5.91 Å². The highest BCUT2D eigenvalue weighted by atomic mass is 35.5. The normalized spacial score (nSPS) is 18.1. The molecular weight excluding hydrogens is 323 g/mol. The largest absolute Gasteiger partial charge is 0.279 e. The number of carbonyl (C=O) groups excluding carboxylic acids is 1. The minimum atomic E-state index is -0.491. The molecule has 1 amide bonds. The molecule has 6 heteroatoms. The van der Waals surface area contributed by atoms with E-state index in [4.69, 9.17) is 11.6 Å². The number of pyridine rings is 1. The Bertz CT molecular complexity index is 753. The molecule has 1 aromatic carbocycles. The molecule has 2 heterocycles. The van der Waals surface area contributed by atoms with E-state index in [0.29, 0.717) is 16.4 Å². The zero-order valence-electron chi connectivity index (χ0n) is 12.1. The first-order chi connectivity index (χ1) is 10.5. The molecule has 2 aromatic rings. The van der Waals surface area contributed by atoms with Gasteiger partial charge in [0.15, 0.2) is 0 Å². The summed E-state index contributed by atoms with van der Waals surface area (Å²) in [4.78, 5) is 18.1. The zero-order chi connectivity index (χ0) is 15.9. The first kappa shape index (κ1) is 15.3. The number of benzene rings is 1. The molecule has 22 heavy (non-hydrogen) atoms. The lowest BCUT2D eigenvalue weighted by Crippen LogP contribution is -2.29. The Balaban J connectivity index is 2.11. The van der Waals surface area contributed by atoms with Gasteiger partial charge < -0.3 is 0 Å². The number of halogens is 2. The summed E-state index contributed by atoms with van der Waals surface area (Å²) in [6.07, 6.45) is 1.65. The van der Waals surface area contributed by atoms with E-state index in [1.165, 1.54) is 22.7 Å². The number of aryl methyl sites for hydroxylation is 2. The number of nitrogens with zero attached hydrogens (tertiary/aromatic N) is 2. The van der Waals surface area contributed by atoms with Gasteiger partial charge in [-0.2, -0.15) is 0 Å². The highest BCUT2D eigenvalue weighted by Crippen LogP contribution is 2.45. The van der Waals surface area contributed by atoms with Crippen molar-refractivity contribution in [2.45, 2.75) is 19.2 Å². The van der Waals surface area contributed by atoms with Gasteiger partial charge >= 0.3 is 0 Å². The molecule has 0 radical (unpaired) electrons. The molecule has 0 bridgehead atoms. The summed E-state index contributed by atoms with van der Waals surface area (Å²) in [6, 6.07) is 6.70. The third kappa shape index (κ3) is 2.59. The molecule has 0 N–H and O–H groups in total. The van der Waals surface area contributed by atoms with Crippen LogP contribution in [0.1, 0.15) is 22.1 Å². The second-order valence-electron chi connectivity index (χ2n) is 5.21. The van der Waals surface area contributed by atoms with Crippen molar-refractivity contribution in [3.63, 3.8) is 0 Å². The van der Waals surface area contributed by atoms with E-state index >= 15 is 0 Å². The number of hydrogen-bond donors (Lipinski definition) is 0. The number of carbonyl (C=O) groups is 1. The Morgan fingerprint density at radius 1 is 1.36 bits per heavy atom. The number of hydrogen-bond acceptors (Lipinski definition) is 3. The molecule has 1 fully saturated rings. The predicted molar refractivity (Wildman–Crippen MR) is 87.8 cm³/mol. The molecule has 0 spiro atoms. The van der Waals surface area contributed by atoms with Crippen LogP contribution in [-0.4, -0.2) is 16.6 Å². The fraction of sp³-hybridized carbons (Fsp3) is 0.250. The molecule has 1 aliphatic rings. The van der Waals surface area contributed by atoms with Gasteiger partial charge in [-0.05, 0) is 43.2 Å². The molecular formula is C16H14ClFN2OS. The Kier molecular flexibility index (Phi) is 4.10. The van der Waals surface area contributed by atoms with E-state index in [2.05, 4.69) is 4.98 Å². The van der Waals surface area contributed by atoms with Gasteiger partial charge in [0.1, 0.15) is 17.0 Å². The van der Waals surface area contributed by atoms with Crippen LogP contribution in [0.15, 0.2) is 30.5 Å². The third-order valence-electron chi connectivity index (χ3n) is 3.58. The van der Waals surface area contributed by atoms with Crippen molar-refractivity contribution < 1.29 is 9.18 Å². The van der Waals surface area contributed by atoms with Gasteiger partial charge in [-0.25, -0.2) is 9.37 Å². The summed E-state index contributed by atoms with van der Waals surface area (Å²) in [5.41, 5.74) is 2.13. The second-order valence-corrected chi connectivity index (χ2v) is 6.66. The van der Waals surface area contributed by atoms with Crippen molar-refractivity contribution in [2.24, 2.45) is 0 Å². The number of amides is 1. The van der Waals surface area contributed by atoms with Crippen LogP contribution in [0.25, 0.3) is 0 Å². The van der Waals surface area contributed by atoms with Crippen LogP contribution in [0, 0.1) is 19.7 Å². The SMILES string of the molecule is Cc1ccnc(N2C(=O)CSC2c2c(F)ccc(C)c2Cl)c1. The summed E-state index contributed by atoms with van der Waals surface area (Å²) in [5, 5.41) is -0.126. The smallest absolute Gasteiger partial charge is 0.239 e. The molecule has 1 aliphatic heterocycles. The van der Waals surface area contributed by atoms with Crippen LogP contribution in [0.3, 0.4) is 0 Å². The maximum atomic E-state index is 14.3. The summed E-state index contributed by atoms with van der Waals surface area (Å²) >= 11 is 7.66. The monoisotopic (exact) mass is 336 g/mol. The van der Waals surface area contributed by atoms with Crippen LogP contribution in [0.4, 0.5) is 10.2 Å². The number of rotatable bonds is 2. The van der Waals surface area contributed by atoms with Crippen molar-refractivity contribution in [3.05, 3.63) is 58.0 Å². The quantitative estimate of drug-likeness (QED) is 0.821. The number of thioether (sulfide) groups is 1. The molecule has 3 rings (SSSR count). The van der Waals surface area contributed by atoms with E-state index in [1.54, 1.807) is 12.3 Å². The van der Waals surface area contributed by atoms with E-state index < -0.39 is 11.2 Å². The van der Waals surface area contributed by atoms with E-state index in [-0.39, 0.29) is 11.7 Å². The van der Waals surface area contributed by atoms with Crippen LogP contribution in [0.2, 0.25) is 5.02 Å². The lowest BCUT2D eigenvalue weighted by atomic mass is 10.1. The average Bonchev–Trinajstić information content (AvgIpc) is 2.85. The van der Waals surface area contributed by atoms with Gasteiger partial charge in [0.25, 0.3) is 0 Å². The second kappa shape index (κ2) is 5.89. The van der Waals surface area contributed by atoms with Crippen molar-refractivity contribution in [2.75, 3.05) is 10.7 Å². The Morgan fingerprint density at radius 2 is 2.14 bits per heavy atom. The first-order valence-electron chi connectivity index (χ1n) is 6.80. The van der Waals surface area contributed by atoms with Crippen molar-refractivity contribution in [3.8, 4) is 0 Å². The van der Waals surface area contributed by atoms with Crippen molar-refractivity contribution in [1.29, 1.82) is 0 Å². The minimum Gasteiger partial charge on any atom is -0.279 e. The Morgan fingerprint density at radius 3 is 2.86 bits per heavy atom. The van der Waals surface area contributed by atoms with E-state index in [9.17, 15) is 9.18 Å². The van der Waals surface area contributed by atoms with Crippen LogP contribution in [-0.2, 0) is 4.79 Å². The highest BCUT2D eigenvalue weighted by molar-refractivity contribution is 8.00. The minimum absolute atomic E-state index is 0.0925. The summed E-state index contributed by atoms with van der Waals surface area (Å²) in [7, 11) is 0. The molecule has 114 valence electrons. The molecule has 1 unspecified atom stereocenters. The zero-order valence-corrected chi connectivity index (χ0v) is 13.7. The third-order valence-corrected chi connectivity index (χ3v) is 5.26.